The third kappa shape index (κ3) is 6.92. The van der Waals surface area contributed by atoms with Gasteiger partial charge in [0.2, 0.25) is 0 Å². The van der Waals surface area contributed by atoms with Gasteiger partial charge in [-0.2, -0.15) is 5.10 Å². The van der Waals surface area contributed by atoms with E-state index in [0.29, 0.717) is 34.6 Å². The van der Waals surface area contributed by atoms with Crippen molar-refractivity contribution in [3.05, 3.63) is 125 Å². The molecule has 38 heavy (non-hydrogen) atoms. The Hall–Kier alpha value is -5.24. The number of hydrogen-bond donors (Lipinski definition) is 1. The minimum atomic E-state index is -0.606. The number of hydrogen-bond acceptors (Lipinski definition) is 7. The molecule has 0 aliphatic carbocycles. The number of hydrazone groups is 1. The third-order valence-electron chi connectivity index (χ3n) is 5.21. The zero-order valence-corrected chi connectivity index (χ0v) is 20.5. The highest BCUT2D eigenvalue weighted by atomic mass is 16.5. The Balaban J connectivity index is 1.52. The van der Waals surface area contributed by atoms with E-state index >= 15 is 0 Å². The molecule has 1 N–H and O–H groups in total. The predicted octanol–water partition coefficient (Wildman–Crippen LogP) is 5.29. The van der Waals surface area contributed by atoms with Crippen molar-refractivity contribution in [3.8, 4) is 17.2 Å². The lowest BCUT2D eigenvalue weighted by Gasteiger charge is -2.10. The van der Waals surface area contributed by atoms with Gasteiger partial charge in [-0.3, -0.25) is 4.79 Å². The van der Waals surface area contributed by atoms with E-state index in [1.54, 1.807) is 91.0 Å². The summed E-state index contributed by atoms with van der Waals surface area (Å²) in [5.74, 6) is -0.673. The Labute approximate surface area is 219 Å². The lowest BCUT2D eigenvalue weighted by Crippen LogP contribution is -2.17. The highest BCUT2D eigenvalue weighted by Gasteiger charge is 2.15. The second-order valence-electron chi connectivity index (χ2n) is 7.87. The summed E-state index contributed by atoms with van der Waals surface area (Å²) in [7, 11) is 0. The van der Waals surface area contributed by atoms with Crippen LogP contribution in [0.1, 0.15) is 43.6 Å². The van der Waals surface area contributed by atoms with Crippen LogP contribution in [0.4, 0.5) is 0 Å². The lowest BCUT2D eigenvalue weighted by atomic mass is 10.2. The van der Waals surface area contributed by atoms with Gasteiger partial charge >= 0.3 is 11.9 Å². The highest BCUT2D eigenvalue weighted by Crippen LogP contribution is 2.26. The number of carbonyl (C=O) groups is 3. The van der Waals surface area contributed by atoms with E-state index in [1.807, 2.05) is 6.92 Å². The van der Waals surface area contributed by atoms with Crippen LogP contribution in [0, 0.1) is 0 Å². The molecule has 0 aromatic heterocycles. The van der Waals surface area contributed by atoms with E-state index in [9.17, 15) is 14.4 Å². The average molecular weight is 509 g/mol. The first-order valence-electron chi connectivity index (χ1n) is 11.8. The number of rotatable bonds is 9. The molecule has 0 radical (unpaired) electrons. The predicted molar refractivity (Wildman–Crippen MR) is 142 cm³/mol. The summed E-state index contributed by atoms with van der Waals surface area (Å²) in [6.45, 7) is 2.40. The molecule has 0 bridgehead atoms. The van der Waals surface area contributed by atoms with Crippen molar-refractivity contribution in [2.45, 2.75) is 6.92 Å². The summed E-state index contributed by atoms with van der Waals surface area (Å²) in [4.78, 5) is 37.6. The molecule has 4 rings (SSSR count). The van der Waals surface area contributed by atoms with E-state index in [2.05, 4.69) is 10.5 Å². The summed E-state index contributed by atoms with van der Waals surface area (Å²) < 4.78 is 16.4. The van der Waals surface area contributed by atoms with Crippen LogP contribution in [-0.4, -0.2) is 30.7 Å². The maximum Gasteiger partial charge on any atom is 0.343 e. The normalized spacial score (nSPS) is 10.6. The highest BCUT2D eigenvalue weighted by molar-refractivity contribution is 5.96. The van der Waals surface area contributed by atoms with Crippen LogP contribution in [0.5, 0.6) is 17.2 Å². The van der Waals surface area contributed by atoms with Gasteiger partial charge in [0.15, 0.2) is 0 Å². The van der Waals surface area contributed by atoms with E-state index in [-0.39, 0.29) is 11.5 Å². The summed E-state index contributed by atoms with van der Waals surface area (Å²) >= 11 is 0. The van der Waals surface area contributed by atoms with Crippen LogP contribution in [-0.2, 0) is 0 Å². The molecule has 0 spiro atoms. The van der Waals surface area contributed by atoms with Gasteiger partial charge in [-0.1, -0.05) is 36.4 Å². The molecule has 0 fully saturated rings. The molecule has 0 aliphatic heterocycles. The quantitative estimate of drug-likeness (QED) is 0.143. The Morgan fingerprint density at radius 3 is 1.89 bits per heavy atom. The van der Waals surface area contributed by atoms with Gasteiger partial charge < -0.3 is 14.2 Å². The molecule has 0 saturated carbocycles. The van der Waals surface area contributed by atoms with Gasteiger partial charge in [0.1, 0.15) is 17.2 Å². The fraction of sp³-hybridized carbons (Fsp3) is 0.0667. The van der Waals surface area contributed by atoms with Gasteiger partial charge in [-0.25, -0.2) is 15.0 Å². The van der Waals surface area contributed by atoms with Gasteiger partial charge in [-0.15, -0.1) is 0 Å². The van der Waals surface area contributed by atoms with Gasteiger partial charge in [0.25, 0.3) is 5.91 Å². The first-order chi connectivity index (χ1) is 18.5. The van der Waals surface area contributed by atoms with Crippen molar-refractivity contribution < 1.29 is 28.6 Å². The maximum absolute atomic E-state index is 12.7. The molecule has 0 aliphatic rings. The van der Waals surface area contributed by atoms with E-state index < -0.39 is 17.8 Å². The van der Waals surface area contributed by atoms with Crippen molar-refractivity contribution in [3.63, 3.8) is 0 Å². The van der Waals surface area contributed by atoms with Crippen LogP contribution in [0.15, 0.2) is 108 Å². The second kappa shape index (κ2) is 12.6. The number of esters is 2. The molecule has 4 aromatic carbocycles. The average Bonchev–Trinajstić information content (AvgIpc) is 2.95. The van der Waals surface area contributed by atoms with Crippen molar-refractivity contribution in [2.75, 3.05) is 6.61 Å². The summed E-state index contributed by atoms with van der Waals surface area (Å²) in [6, 6.07) is 28.1. The smallest absolute Gasteiger partial charge is 0.343 e. The number of ether oxygens (including phenoxy) is 3. The van der Waals surface area contributed by atoms with Crippen LogP contribution in [0.3, 0.4) is 0 Å². The minimum absolute atomic E-state index is 0.0938. The van der Waals surface area contributed by atoms with Crippen molar-refractivity contribution in [1.82, 2.24) is 5.43 Å². The maximum atomic E-state index is 12.7. The SMILES string of the molecule is CCOc1ccc(C(=O)N/N=C\c2ccc(OC(=O)c3ccccc3)cc2OC(=O)c2ccccc2)cc1. The Bertz CT molecular complexity index is 1440. The molecule has 0 saturated heterocycles. The Morgan fingerprint density at radius 1 is 0.711 bits per heavy atom. The number of nitrogens with one attached hydrogen (secondary N) is 1. The van der Waals surface area contributed by atoms with E-state index in [1.165, 1.54) is 18.3 Å². The van der Waals surface area contributed by atoms with Crippen LogP contribution in [0.25, 0.3) is 0 Å². The third-order valence-corrected chi connectivity index (χ3v) is 5.21. The zero-order chi connectivity index (χ0) is 26.7. The Morgan fingerprint density at radius 2 is 1.29 bits per heavy atom. The number of amides is 1. The number of benzene rings is 4. The lowest BCUT2D eigenvalue weighted by molar-refractivity contribution is 0.0732. The molecule has 1 amide bonds. The number of nitrogens with zero attached hydrogens (tertiary/aromatic N) is 1. The molecule has 190 valence electrons. The molecule has 0 unspecified atom stereocenters. The van der Waals surface area contributed by atoms with Crippen LogP contribution < -0.4 is 19.6 Å². The molecular weight excluding hydrogens is 484 g/mol. The van der Waals surface area contributed by atoms with Crippen molar-refractivity contribution >= 4 is 24.1 Å². The number of carbonyl (C=O) groups excluding carboxylic acids is 3. The van der Waals surface area contributed by atoms with Crippen molar-refractivity contribution in [1.29, 1.82) is 0 Å². The molecule has 8 nitrogen and oxygen atoms in total. The van der Waals surface area contributed by atoms with Crippen molar-refractivity contribution in [2.24, 2.45) is 5.10 Å². The van der Waals surface area contributed by atoms with Gasteiger partial charge in [0, 0.05) is 17.2 Å². The van der Waals surface area contributed by atoms with E-state index in [0.717, 1.165) is 0 Å². The summed E-state index contributed by atoms with van der Waals surface area (Å²) in [6.07, 6.45) is 1.34. The van der Waals surface area contributed by atoms with Crippen LogP contribution in [0.2, 0.25) is 0 Å². The molecule has 4 aromatic rings. The topological polar surface area (TPSA) is 103 Å². The summed E-state index contributed by atoms with van der Waals surface area (Å²) in [5.41, 5.74) is 3.92. The second-order valence-corrected chi connectivity index (χ2v) is 7.87. The molecule has 0 heterocycles. The minimum Gasteiger partial charge on any atom is -0.494 e. The monoisotopic (exact) mass is 508 g/mol. The van der Waals surface area contributed by atoms with Gasteiger partial charge in [-0.05, 0) is 67.6 Å². The van der Waals surface area contributed by atoms with Crippen LogP contribution >= 0.6 is 0 Å². The summed E-state index contributed by atoms with van der Waals surface area (Å²) in [5, 5.41) is 4.00. The standard InChI is InChI=1S/C30H24N2O6/c1-2-36-25-16-13-21(14-17-25)28(33)32-31-20-24-15-18-26(37-29(34)22-9-5-3-6-10-22)19-27(24)38-30(35)23-11-7-4-8-12-23/h3-20H,2H2,1H3,(H,32,33)/b31-20-. The molecule has 8 heteroatoms. The zero-order valence-electron chi connectivity index (χ0n) is 20.5. The fourth-order valence-corrected chi connectivity index (χ4v) is 3.34. The molecular formula is C30H24N2O6. The van der Waals surface area contributed by atoms with Gasteiger partial charge in [0.05, 0.1) is 23.9 Å². The van der Waals surface area contributed by atoms with E-state index in [4.69, 9.17) is 14.2 Å². The first kappa shape index (κ1) is 25.8. The largest absolute Gasteiger partial charge is 0.494 e. The fourth-order valence-electron chi connectivity index (χ4n) is 3.34. The molecule has 0 atom stereocenters. The first-order valence-corrected chi connectivity index (χ1v) is 11.8. The Kier molecular flexibility index (Phi) is 8.60.